The average molecular weight is 397 g/mol. The zero-order valence-corrected chi connectivity index (χ0v) is 15.2. The Labute approximate surface area is 152 Å². The number of nitrogens with zero attached hydrogens (tertiary/aromatic N) is 1. The molecule has 1 heterocycles. The third-order valence-electron chi connectivity index (χ3n) is 2.78. The van der Waals surface area contributed by atoms with Gasteiger partial charge < -0.3 is 10.0 Å². The second-order valence-electron chi connectivity index (χ2n) is 4.48. The molecule has 0 atom stereocenters. The Kier molecular flexibility index (Phi) is 7.71. The Morgan fingerprint density at radius 3 is 2.74 bits per heavy atom. The number of rotatable bonds is 9. The van der Waals surface area contributed by atoms with Crippen molar-refractivity contribution in [3.8, 4) is 0 Å². The van der Waals surface area contributed by atoms with Crippen molar-refractivity contribution in [1.82, 2.24) is 9.71 Å². The molecule has 0 aliphatic heterocycles. The van der Waals surface area contributed by atoms with Crippen LogP contribution in [0, 0.1) is 10.9 Å². The Bertz CT molecular complexity index is 642. The predicted octanol–water partition coefficient (Wildman–Crippen LogP) is 4.82. The van der Waals surface area contributed by atoms with E-state index in [-0.39, 0.29) is 0 Å². The van der Waals surface area contributed by atoms with Gasteiger partial charge in [-0.2, -0.15) is 4.39 Å². The molecule has 126 valence electrons. The summed E-state index contributed by atoms with van der Waals surface area (Å²) < 4.78 is 32.5. The monoisotopic (exact) mass is 396 g/mol. The van der Waals surface area contributed by atoms with Crippen molar-refractivity contribution >= 4 is 58.5 Å². The summed E-state index contributed by atoms with van der Waals surface area (Å²) in [5, 5.41) is 3.49. The van der Waals surface area contributed by atoms with Crippen LogP contribution in [0.5, 0.6) is 0 Å². The first-order valence-electron chi connectivity index (χ1n) is 6.74. The number of unbranched alkanes of at least 4 members (excludes halogenated alkanes) is 1. The second-order valence-corrected chi connectivity index (χ2v) is 7.03. The van der Waals surface area contributed by atoms with Crippen LogP contribution in [0.15, 0.2) is 23.2 Å². The number of thiazole rings is 1. The second kappa shape index (κ2) is 9.53. The number of halogens is 3. The van der Waals surface area contributed by atoms with Crippen molar-refractivity contribution in [2.24, 2.45) is 0 Å². The van der Waals surface area contributed by atoms with E-state index in [1.54, 1.807) is 0 Å². The van der Waals surface area contributed by atoms with Crippen LogP contribution >= 0.6 is 47.7 Å². The van der Waals surface area contributed by atoms with Crippen molar-refractivity contribution in [2.45, 2.75) is 17.7 Å². The lowest BCUT2D eigenvalue weighted by atomic mass is 10.2. The van der Waals surface area contributed by atoms with Crippen molar-refractivity contribution in [3.05, 3.63) is 34.3 Å². The van der Waals surface area contributed by atoms with Gasteiger partial charge in [0.15, 0.2) is 10.3 Å². The summed E-state index contributed by atoms with van der Waals surface area (Å²) in [6.07, 6.45) is 2.98. The largest absolute Gasteiger partial charge is 0.384 e. The average Bonchev–Trinajstić information content (AvgIpc) is 2.94. The number of aromatic nitrogens is 1. The van der Waals surface area contributed by atoms with Gasteiger partial charge in [-0.3, -0.25) is 4.72 Å². The van der Waals surface area contributed by atoms with Crippen LogP contribution < -0.4 is 14.8 Å². The highest BCUT2D eigenvalue weighted by atomic mass is 35.5. The lowest BCUT2D eigenvalue weighted by molar-refractivity contribution is 0.602. The maximum absolute atomic E-state index is 14.1. The van der Waals surface area contributed by atoms with E-state index in [1.165, 1.54) is 12.1 Å². The molecule has 0 fully saturated rings. The summed E-state index contributed by atoms with van der Waals surface area (Å²) in [5.41, 5.74) is 0.549. The normalized spacial score (nSPS) is 10.8. The fourth-order valence-electron chi connectivity index (χ4n) is 1.69. The van der Waals surface area contributed by atoms with E-state index in [1.807, 2.05) is 0 Å². The van der Waals surface area contributed by atoms with Crippen LogP contribution in [0.1, 0.15) is 12.8 Å². The molecule has 0 aliphatic rings. The van der Waals surface area contributed by atoms with Crippen LogP contribution in [-0.2, 0) is 0 Å². The third-order valence-corrected chi connectivity index (χ3v) is 4.97. The van der Waals surface area contributed by atoms with Crippen LogP contribution in [0.2, 0.25) is 5.02 Å². The molecule has 0 saturated heterocycles. The van der Waals surface area contributed by atoms with Gasteiger partial charge in [0.25, 0.3) is 0 Å². The first-order chi connectivity index (χ1) is 11.1. The summed E-state index contributed by atoms with van der Waals surface area (Å²) in [7, 11) is 0. The highest BCUT2D eigenvalue weighted by Crippen LogP contribution is 2.32. The van der Waals surface area contributed by atoms with E-state index in [0.717, 1.165) is 48.9 Å². The summed E-state index contributed by atoms with van der Waals surface area (Å²) in [6, 6.07) is 2.88. The van der Waals surface area contributed by atoms with Gasteiger partial charge >= 0.3 is 0 Å². The van der Waals surface area contributed by atoms with Gasteiger partial charge in [0.2, 0.25) is 0 Å². The van der Waals surface area contributed by atoms with Crippen molar-refractivity contribution < 1.29 is 8.78 Å². The van der Waals surface area contributed by atoms with Gasteiger partial charge in [0.05, 0.1) is 21.8 Å². The summed E-state index contributed by atoms with van der Waals surface area (Å²) in [4.78, 5) is 4.11. The number of anilines is 2. The molecule has 4 nitrogen and oxygen atoms in total. The molecule has 0 unspecified atom stereocenters. The first kappa shape index (κ1) is 18.6. The van der Waals surface area contributed by atoms with Crippen LogP contribution in [0.4, 0.5) is 19.6 Å². The van der Waals surface area contributed by atoms with Gasteiger partial charge in [-0.15, -0.1) is 0 Å². The Morgan fingerprint density at radius 2 is 2.04 bits per heavy atom. The highest BCUT2D eigenvalue weighted by Gasteiger charge is 2.10. The minimum atomic E-state index is -0.413. The molecule has 0 saturated carbocycles. The SMILES string of the molecule is Fc1cnc(NSc2cc(Cl)c(NCCCCNS)cc2F)s1. The molecule has 1 aromatic heterocycles. The number of nitrogens with one attached hydrogen (secondary N) is 3. The van der Waals surface area contributed by atoms with Crippen LogP contribution in [0.25, 0.3) is 0 Å². The Morgan fingerprint density at radius 1 is 1.26 bits per heavy atom. The smallest absolute Gasteiger partial charge is 0.198 e. The van der Waals surface area contributed by atoms with Crippen molar-refractivity contribution in [2.75, 3.05) is 23.1 Å². The zero-order chi connectivity index (χ0) is 16.7. The molecular formula is C13H15ClF2N4S3. The van der Waals surface area contributed by atoms with E-state index in [4.69, 9.17) is 11.6 Å². The van der Waals surface area contributed by atoms with Gasteiger partial charge in [0, 0.05) is 13.1 Å². The summed E-state index contributed by atoms with van der Waals surface area (Å²) >= 11 is 11.9. The molecule has 23 heavy (non-hydrogen) atoms. The predicted molar refractivity (Wildman–Crippen MR) is 97.7 cm³/mol. The third kappa shape index (κ3) is 6.00. The first-order valence-corrected chi connectivity index (χ1v) is 9.20. The lowest BCUT2D eigenvalue weighted by Crippen LogP contribution is -2.07. The fraction of sp³-hybridized carbons (Fsp3) is 0.308. The van der Waals surface area contributed by atoms with Crippen molar-refractivity contribution in [3.63, 3.8) is 0 Å². The van der Waals surface area contributed by atoms with E-state index in [2.05, 4.69) is 32.6 Å². The van der Waals surface area contributed by atoms with E-state index in [0.29, 0.717) is 27.3 Å². The number of thiol groups is 1. The summed E-state index contributed by atoms with van der Waals surface area (Å²) in [5.74, 6) is -0.413. The van der Waals surface area contributed by atoms with Gasteiger partial charge in [-0.1, -0.05) is 35.8 Å². The molecule has 3 N–H and O–H groups in total. The highest BCUT2D eigenvalue weighted by molar-refractivity contribution is 8.00. The number of benzene rings is 1. The standard InChI is InChI=1S/C13H15ClF2N4S3/c14-8-5-11(23-20-13-18-7-12(16)22-13)9(15)6-10(8)17-3-1-2-4-19-21/h5-7,17,19,21H,1-4H2,(H,18,20). The van der Waals surface area contributed by atoms with Crippen LogP contribution in [0.3, 0.4) is 0 Å². The van der Waals surface area contributed by atoms with E-state index < -0.39 is 10.9 Å². The maximum Gasteiger partial charge on any atom is 0.198 e. The molecule has 2 aromatic rings. The topological polar surface area (TPSA) is 49.0 Å². The Hall–Kier alpha value is -0.740. The van der Waals surface area contributed by atoms with Crippen LogP contribution in [-0.4, -0.2) is 18.1 Å². The van der Waals surface area contributed by atoms with Gasteiger partial charge in [-0.05, 0) is 36.9 Å². The summed E-state index contributed by atoms with van der Waals surface area (Å²) in [6.45, 7) is 1.50. The molecule has 0 amide bonds. The molecule has 0 spiro atoms. The number of hydrogen-bond acceptors (Lipinski definition) is 7. The molecule has 2 rings (SSSR count). The molecule has 0 bridgehead atoms. The minimum Gasteiger partial charge on any atom is -0.384 e. The molecule has 1 aromatic carbocycles. The minimum absolute atomic E-state index is 0.315. The number of hydrogen-bond donors (Lipinski definition) is 4. The maximum atomic E-state index is 14.1. The molecule has 10 heteroatoms. The van der Waals surface area contributed by atoms with Crippen molar-refractivity contribution in [1.29, 1.82) is 0 Å². The van der Waals surface area contributed by atoms with Gasteiger partial charge in [0.1, 0.15) is 5.82 Å². The molecule has 0 radical (unpaired) electrons. The van der Waals surface area contributed by atoms with E-state index >= 15 is 0 Å². The fourth-order valence-corrected chi connectivity index (χ4v) is 3.42. The van der Waals surface area contributed by atoms with Gasteiger partial charge in [-0.25, -0.2) is 9.37 Å². The Balaban J connectivity index is 1.91. The lowest BCUT2D eigenvalue weighted by Gasteiger charge is -2.11. The quantitative estimate of drug-likeness (QED) is 0.278. The molecular weight excluding hydrogens is 382 g/mol. The zero-order valence-electron chi connectivity index (χ0n) is 11.9. The van der Waals surface area contributed by atoms with E-state index in [9.17, 15) is 8.78 Å². The molecule has 0 aliphatic carbocycles.